The van der Waals surface area contributed by atoms with Crippen molar-refractivity contribution in [1.29, 1.82) is 0 Å². The molecular weight excluding hydrogens is 482 g/mol. The fourth-order valence-corrected chi connectivity index (χ4v) is 4.34. The normalized spacial score (nSPS) is 10.8. The van der Waals surface area contributed by atoms with Crippen LogP contribution in [0.15, 0.2) is 70.2 Å². The van der Waals surface area contributed by atoms with Crippen LogP contribution in [-0.2, 0) is 16.1 Å². The van der Waals surface area contributed by atoms with Crippen molar-refractivity contribution in [3.63, 3.8) is 0 Å². The van der Waals surface area contributed by atoms with Gasteiger partial charge >= 0.3 is 5.97 Å². The van der Waals surface area contributed by atoms with Gasteiger partial charge in [-0.3, -0.25) is 14.2 Å². The number of thiophene rings is 1. The van der Waals surface area contributed by atoms with E-state index in [0.717, 1.165) is 14.9 Å². The molecule has 31 heavy (non-hydrogen) atoms. The van der Waals surface area contributed by atoms with Gasteiger partial charge in [0.05, 0.1) is 24.5 Å². The lowest BCUT2D eigenvalue weighted by Crippen LogP contribution is -2.27. The average molecular weight is 498 g/mol. The van der Waals surface area contributed by atoms with Crippen LogP contribution < -0.4 is 10.9 Å². The standard InChI is InChI=1S/C22H16BrN3O4S/c1-30-22(29)14-3-2-4-16(9-14)25-19(27)11-26-12-24-17-10-18(31-20(17)21(26)28)13-5-7-15(23)8-6-13/h2-10,12H,11H2,1H3,(H,25,27). The Hall–Kier alpha value is -3.30. The number of rotatable bonds is 5. The number of benzene rings is 2. The molecule has 0 fully saturated rings. The van der Waals surface area contributed by atoms with Gasteiger partial charge in [0.15, 0.2) is 0 Å². The third-order valence-electron chi connectivity index (χ3n) is 4.51. The van der Waals surface area contributed by atoms with Crippen LogP contribution in [0.25, 0.3) is 20.7 Å². The highest BCUT2D eigenvalue weighted by Gasteiger charge is 2.13. The highest BCUT2D eigenvalue weighted by Crippen LogP contribution is 2.31. The molecule has 0 unspecified atom stereocenters. The van der Waals surface area contributed by atoms with Crippen molar-refractivity contribution in [2.45, 2.75) is 6.54 Å². The van der Waals surface area contributed by atoms with Crippen molar-refractivity contribution in [2.24, 2.45) is 0 Å². The molecule has 7 nitrogen and oxygen atoms in total. The van der Waals surface area contributed by atoms with E-state index in [2.05, 4.69) is 31.0 Å². The van der Waals surface area contributed by atoms with Gasteiger partial charge in [-0.25, -0.2) is 9.78 Å². The largest absolute Gasteiger partial charge is 0.465 e. The van der Waals surface area contributed by atoms with E-state index in [1.165, 1.54) is 35.4 Å². The number of nitrogens with zero attached hydrogens (tertiary/aromatic N) is 2. The number of hydrogen-bond donors (Lipinski definition) is 1. The third kappa shape index (κ3) is 4.57. The molecule has 156 valence electrons. The number of aromatic nitrogens is 2. The Morgan fingerprint density at radius 1 is 1.16 bits per heavy atom. The summed E-state index contributed by atoms with van der Waals surface area (Å²) in [6.45, 7) is -0.199. The number of esters is 1. The van der Waals surface area contributed by atoms with E-state index in [9.17, 15) is 14.4 Å². The monoisotopic (exact) mass is 497 g/mol. The SMILES string of the molecule is COC(=O)c1cccc(NC(=O)Cn2cnc3cc(-c4ccc(Br)cc4)sc3c2=O)c1. The summed E-state index contributed by atoms with van der Waals surface area (Å²) < 4.78 is 7.41. The van der Waals surface area contributed by atoms with Crippen LogP contribution in [0.1, 0.15) is 10.4 Å². The van der Waals surface area contributed by atoms with Crippen LogP contribution in [-0.4, -0.2) is 28.5 Å². The van der Waals surface area contributed by atoms with Crippen LogP contribution in [0, 0.1) is 0 Å². The lowest BCUT2D eigenvalue weighted by molar-refractivity contribution is -0.116. The van der Waals surface area contributed by atoms with Crippen molar-refractivity contribution in [2.75, 3.05) is 12.4 Å². The summed E-state index contributed by atoms with van der Waals surface area (Å²) in [5.74, 6) is -0.906. The summed E-state index contributed by atoms with van der Waals surface area (Å²) in [6, 6.07) is 16.0. The number of methoxy groups -OCH3 is 1. The Morgan fingerprint density at radius 2 is 1.94 bits per heavy atom. The number of hydrogen-bond acceptors (Lipinski definition) is 6. The molecule has 0 aliphatic heterocycles. The molecule has 0 spiro atoms. The first kappa shape index (κ1) is 21.0. The van der Waals surface area contributed by atoms with E-state index in [-0.39, 0.29) is 12.1 Å². The molecule has 0 atom stereocenters. The number of amides is 1. The van der Waals surface area contributed by atoms with E-state index in [0.29, 0.717) is 21.5 Å². The first-order valence-electron chi connectivity index (χ1n) is 9.18. The number of nitrogens with one attached hydrogen (secondary N) is 1. The van der Waals surface area contributed by atoms with Gasteiger partial charge in [0.2, 0.25) is 5.91 Å². The Labute approximate surface area is 189 Å². The second kappa shape index (κ2) is 8.83. The zero-order chi connectivity index (χ0) is 22.0. The third-order valence-corrected chi connectivity index (χ3v) is 6.20. The van der Waals surface area contributed by atoms with Crippen molar-refractivity contribution in [3.05, 3.63) is 81.3 Å². The van der Waals surface area contributed by atoms with Crippen LogP contribution in [0.5, 0.6) is 0 Å². The van der Waals surface area contributed by atoms with E-state index in [4.69, 9.17) is 0 Å². The van der Waals surface area contributed by atoms with E-state index < -0.39 is 11.9 Å². The lowest BCUT2D eigenvalue weighted by atomic mass is 10.2. The molecule has 0 aliphatic carbocycles. The van der Waals surface area contributed by atoms with Crippen LogP contribution in [0.3, 0.4) is 0 Å². The van der Waals surface area contributed by atoms with Gasteiger partial charge in [-0.2, -0.15) is 0 Å². The Bertz CT molecular complexity index is 1350. The van der Waals surface area contributed by atoms with E-state index in [1.807, 2.05) is 30.3 Å². The van der Waals surface area contributed by atoms with Gasteiger partial charge in [0.1, 0.15) is 11.2 Å². The number of ether oxygens (including phenoxy) is 1. The van der Waals surface area contributed by atoms with E-state index in [1.54, 1.807) is 18.2 Å². The first-order chi connectivity index (χ1) is 14.9. The van der Waals surface area contributed by atoms with Crippen LogP contribution >= 0.6 is 27.3 Å². The van der Waals surface area contributed by atoms with Gasteiger partial charge in [-0.05, 0) is 42.0 Å². The molecule has 4 rings (SSSR count). The molecule has 2 aromatic heterocycles. The molecular formula is C22H16BrN3O4S. The molecule has 0 saturated carbocycles. The quantitative estimate of drug-likeness (QED) is 0.414. The predicted octanol–water partition coefficient (Wildman–Crippen LogP) is 4.31. The number of anilines is 1. The van der Waals surface area contributed by atoms with Gasteiger partial charge in [-0.15, -0.1) is 11.3 Å². The van der Waals surface area contributed by atoms with Crippen molar-refractivity contribution < 1.29 is 14.3 Å². The van der Waals surface area contributed by atoms with Crippen molar-refractivity contribution in [1.82, 2.24) is 9.55 Å². The average Bonchev–Trinajstić information content (AvgIpc) is 3.21. The van der Waals surface area contributed by atoms with Gasteiger partial charge in [-0.1, -0.05) is 34.1 Å². The molecule has 2 aromatic carbocycles. The number of carbonyl (C=O) groups excluding carboxylic acids is 2. The maximum atomic E-state index is 12.9. The summed E-state index contributed by atoms with van der Waals surface area (Å²) >= 11 is 4.75. The molecule has 4 aromatic rings. The first-order valence-corrected chi connectivity index (χ1v) is 10.8. The predicted molar refractivity (Wildman–Crippen MR) is 123 cm³/mol. The summed E-state index contributed by atoms with van der Waals surface area (Å²) in [7, 11) is 1.29. The minimum absolute atomic E-state index is 0.199. The van der Waals surface area contributed by atoms with E-state index >= 15 is 0 Å². The number of carbonyl (C=O) groups is 2. The molecule has 1 amide bonds. The zero-order valence-electron chi connectivity index (χ0n) is 16.3. The van der Waals surface area contributed by atoms with Crippen molar-refractivity contribution >= 4 is 55.0 Å². The topological polar surface area (TPSA) is 90.3 Å². The summed E-state index contributed by atoms with van der Waals surface area (Å²) in [6.07, 6.45) is 1.37. The highest BCUT2D eigenvalue weighted by molar-refractivity contribution is 9.10. The maximum Gasteiger partial charge on any atom is 0.337 e. The molecule has 0 radical (unpaired) electrons. The Morgan fingerprint density at radius 3 is 2.68 bits per heavy atom. The second-order valence-electron chi connectivity index (χ2n) is 6.63. The van der Waals surface area contributed by atoms with Gasteiger partial charge in [0, 0.05) is 15.0 Å². The summed E-state index contributed by atoms with van der Waals surface area (Å²) in [5.41, 5.74) is 2.05. The second-order valence-corrected chi connectivity index (χ2v) is 8.60. The van der Waals surface area contributed by atoms with Crippen LogP contribution in [0.2, 0.25) is 0 Å². The fourth-order valence-electron chi connectivity index (χ4n) is 3.01. The van der Waals surface area contributed by atoms with Gasteiger partial charge < -0.3 is 10.1 Å². The maximum absolute atomic E-state index is 12.9. The number of halogens is 1. The molecule has 2 heterocycles. The smallest absolute Gasteiger partial charge is 0.337 e. The Kier molecular flexibility index (Phi) is 5.97. The molecule has 0 saturated heterocycles. The minimum Gasteiger partial charge on any atom is -0.465 e. The summed E-state index contributed by atoms with van der Waals surface area (Å²) in [5, 5.41) is 2.69. The van der Waals surface area contributed by atoms with Gasteiger partial charge in [0.25, 0.3) is 5.56 Å². The molecule has 0 aliphatic rings. The molecule has 9 heteroatoms. The molecule has 1 N–H and O–H groups in total. The van der Waals surface area contributed by atoms with Crippen LogP contribution in [0.4, 0.5) is 5.69 Å². The number of fused-ring (bicyclic) bond motifs is 1. The minimum atomic E-state index is -0.499. The summed E-state index contributed by atoms with van der Waals surface area (Å²) in [4.78, 5) is 42.3. The highest BCUT2D eigenvalue weighted by atomic mass is 79.9. The lowest BCUT2D eigenvalue weighted by Gasteiger charge is -2.08. The van der Waals surface area contributed by atoms with Crippen molar-refractivity contribution in [3.8, 4) is 10.4 Å². The molecule has 0 bridgehead atoms. The fraction of sp³-hybridized carbons (Fsp3) is 0.0909. The Balaban J connectivity index is 1.55. The zero-order valence-corrected chi connectivity index (χ0v) is 18.7.